The molecule has 0 unspecified atom stereocenters. The molecule has 0 aliphatic heterocycles. The third kappa shape index (κ3) is 1.92. The van der Waals surface area contributed by atoms with Crippen LogP contribution in [0.25, 0.3) is 0 Å². The molecule has 0 amide bonds. The molecule has 1 nitrogen and oxygen atoms in total. The van der Waals surface area contributed by atoms with Gasteiger partial charge in [-0.15, -0.1) is 0 Å². The predicted molar refractivity (Wildman–Crippen MR) is 56.5 cm³/mol. The van der Waals surface area contributed by atoms with Crippen LogP contribution in [0, 0.1) is 6.92 Å². The van der Waals surface area contributed by atoms with E-state index in [1.165, 1.54) is 35.0 Å². The molecule has 12 heavy (non-hydrogen) atoms. The van der Waals surface area contributed by atoms with E-state index in [0.29, 0.717) is 0 Å². The standard InChI is InChI=1S/C10H16BrN/c1-4-5-6-9-7-12(3)8(2)10(9)11/h7H,4-6H2,1-3H3. The van der Waals surface area contributed by atoms with Gasteiger partial charge in [-0.1, -0.05) is 13.3 Å². The molecule has 0 aliphatic rings. The molecule has 0 spiro atoms. The van der Waals surface area contributed by atoms with Gasteiger partial charge in [0.05, 0.1) is 0 Å². The lowest BCUT2D eigenvalue weighted by molar-refractivity contribution is 0.790. The average Bonchev–Trinajstić information content (AvgIpc) is 2.30. The maximum absolute atomic E-state index is 3.61. The zero-order chi connectivity index (χ0) is 9.14. The first kappa shape index (κ1) is 9.85. The summed E-state index contributed by atoms with van der Waals surface area (Å²) in [7, 11) is 2.09. The molecule has 0 aliphatic carbocycles. The largest absolute Gasteiger partial charge is 0.353 e. The summed E-state index contributed by atoms with van der Waals surface area (Å²) in [5, 5.41) is 0. The summed E-state index contributed by atoms with van der Waals surface area (Å²) < 4.78 is 3.47. The van der Waals surface area contributed by atoms with Gasteiger partial charge in [0.15, 0.2) is 0 Å². The number of aromatic nitrogens is 1. The second-order valence-corrected chi connectivity index (χ2v) is 4.06. The van der Waals surface area contributed by atoms with E-state index in [1.54, 1.807) is 0 Å². The van der Waals surface area contributed by atoms with E-state index in [0.717, 1.165) is 0 Å². The first-order valence-electron chi connectivity index (χ1n) is 4.47. The monoisotopic (exact) mass is 229 g/mol. The van der Waals surface area contributed by atoms with E-state index in [4.69, 9.17) is 0 Å². The summed E-state index contributed by atoms with van der Waals surface area (Å²) in [6.07, 6.45) is 5.95. The Labute approximate surface area is 82.9 Å². The minimum Gasteiger partial charge on any atom is -0.353 e. The van der Waals surface area contributed by atoms with Crippen LogP contribution in [0.15, 0.2) is 10.7 Å². The fraction of sp³-hybridized carbons (Fsp3) is 0.600. The summed E-state index contributed by atoms with van der Waals surface area (Å²) in [5.41, 5.74) is 2.76. The number of hydrogen-bond acceptors (Lipinski definition) is 0. The Morgan fingerprint density at radius 2 is 2.17 bits per heavy atom. The van der Waals surface area contributed by atoms with Gasteiger partial charge in [0.1, 0.15) is 0 Å². The molecule has 1 rings (SSSR count). The van der Waals surface area contributed by atoms with Crippen LogP contribution < -0.4 is 0 Å². The lowest BCUT2D eigenvalue weighted by Gasteiger charge is -1.95. The highest BCUT2D eigenvalue weighted by molar-refractivity contribution is 9.10. The minimum absolute atomic E-state index is 1.19. The smallest absolute Gasteiger partial charge is 0.0413 e. The average molecular weight is 230 g/mol. The first-order chi connectivity index (χ1) is 5.66. The number of hydrogen-bond donors (Lipinski definition) is 0. The van der Waals surface area contributed by atoms with Crippen molar-refractivity contribution in [3.05, 3.63) is 21.9 Å². The van der Waals surface area contributed by atoms with Gasteiger partial charge in [0.2, 0.25) is 0 Å². The van der Waals surface area contributed by atoms with Crippen LogP contribution in [0.1, 0.15) is 31.0 Å². The van der Waals surface area contributed by atoms with Crippen molar-refractivity contribution in [1.29, 1.82) is 0 Å². The van der Waals surface area contributed by atoms with Crippen LogP contribution in [0.2, 0.25) is 0 Å². The fourth-order valence-electron chi connectivity index (χ4n) is 1.32. The van der Waals surface area contributed by atoms with Crippen molar-refractivity contribution >= 4 is 15.9 Å². The van der Waals surface area contributed by atoms with Crippen molar-refractivity contribution < 1.29 is 0 Å². The molecule has 0 atom stereocenters. The SMILES string of the molecule is CCCCc1cn(C)c(C)c1Br. The molecular formula is C10H16BrN. The molecule has 0 radical (unpaired) electrons. The normalized spacial score (nSPS) is 10.7. The Morgan fingerprint density at radius 3 is 2.58 bits per heavy atom. The molecule has 1 aromatic heterocycles. The second kappa shape index (κ2) is 4.13. The Hall–Kier alpha value is -0.240. The summed E-state index contributed by atoms with van der Waals surface area (Å²) in [6.45, 7) is 4.36. The molecule has 1 heterocycles. The van der Waals surface area contributed by atoms with Gasteiger partial charge in [0.25, 0.3) is 0 Å². The summed E-state index contributed by atoms with van der Waals surface area (Å²) >= 11 is 3.61. The lowest BCUT2D eigenvalue weighted by atomic mass is 10.1. The molecule has 0 saturated carbocycles. The van der Waals surface area contributed by atoms with E-state index in [1.807, 2.05) is 0 Å². The van der Waals surface area contributed by atoms with E-state index in [9.17, 15) is 0 Å². The zero-order valence-corrected chi connectivity index (χ0v) is 9.61. The zero-order valence-electron chi connectivity index (χ0n) is 8.02. The topological polar surface area (TPSA) is 4.93 Å². The van der Waals surface area contributed by atoms with Gasteiger partial charge in [-0.2, -0.15) is 0 Å². The number of unbranched alkanes of at least 4 members (excludes halogenated alkanes) is 1. The van der Waals surface area contributed by atoms with E-state index < -0.39 is 0 Å². The predicted octanol–water partition coefficient (Wildman–Crippen LogP) is 3.44. The molecule has 0 fully saturated rings. The first-order valence-corrected chi connectivity index (χ1v) is 5.26. The number of halogens is 1. The quantitative estimate of drug-likeness (QED) is 0.749. The van der Waals surface area contributed by atoms with Crippen molar-refractivity contribution in [1.82, 2.24) is 4.57 Å². The molecule has 2 heteroatoms. The number of aryl methyl sites for hydroxylation is 2. The Morgan fingerprint density at radius 1 is 1.50 bits per heavy atom. The van der Waals surface area contributed by atoms with Crippen LogP contribution in [-0.4, -0.2) is 4.57 Å². The van der Waals surface area contributed by atoms with E-state index >= 15 is 0 Å². The minimum atomic E-state index is 1.19. The van der Waals surface area contributed by atoms with Crippen molar-refractivity contribution in [3.8, 4) is 0 Å². The molecule has 0 bridgehead atoms. The van der Waals surface area contributed by atoms with Gasteiger partial charge >= 0.3 is 0 Å². The van der Waals surface area contributed by atoms with Gasteiger partial charge in [-0.05, 0) is 41.3 Å². The van der Waals surface area contributed by atoms with Crippen LogP contribution in [-0.2, 0) is 13.5 Å². The third-order valence-electron chi connectivity index (χ3n) is 2.28. The van der Waals surface area contributed by atoms with E-state index in [2.05, 4.69) is 47.6 Å². The second-order valence-electron chi connectivity index (χ2n) is 3.27. The summed E-state index contributed by atoms with van der Waals surface area (Å²) in [5.74, 6) is 0. The Kier molecular flexibility index (Phi) is 3.39. The van der Waals surface area contributed by atoms with Crippen LogP contribution >= 0.6 is 15.9 Å². The van der Waals surface area contributed by atoms with E-state index in [-0.39, 0.29) is 0 Å². The Balaban J connectivity index is 2.79. The van der Waals surface area contributed by atoms with Crippen molar-refractivity contribution in [3.63, 3.8) is 0 Å². The molecule has 0 N–H and O–H groups in total. The van der Waals surface area contributed by atoms with Crippen LogP contribution in [0.4, 0.5) is 0 Å². The fourth-order valence-corrected chi connectivity index (χ4v) is 1.90. The van der Waals surface area contributed by atoms with Crippen LogP contribution in [0.3, 0.4) is 0 Å². The van der Waals surface area contributed by atoms with Gasteiger partial charge in [0, 0.05) is 23.4 Å². The molecule has 0 saturated heterocycles. The summed E-state index contributed by atoms with van der Waals surface area (Å²) in [6, 6.07) is 0. The number of nitrogens with zero attached hydrogens (tertiary/aromatic N) is 1. The number of rotatable bonds is 3. The van der Waals surface area contributed by atoms with Crippen molar-refractivity contribution in [2.24, 2.45) is 7.05 Å². The molecular weight excluding hydrogens is 214 g/mol. The molecule has 1 aromatic rings. The molecule has 0 aromatic carbocycles. The van der Waals surface area contributed by atoms with Crippen molar-refractivity contribution in [2.75, 3.05) is 0 Å². The Bertz CT molecular complexity index is 263. The highest BCUT2D eigenvalue weighted by Gasteiger charge is 2.06. The third-order valence-corrected chi connectivity index (χ3v) is 3.36. The van der Waals surface area contributed by atoms with Crippen LogP contribution in [0.5, 0.6) is 0 Å². The van der Waals surface area contributed by atoms with Gasteiger partial charge < -0.3 is 4.57 Å². The maximum atomic E-state index is 3.61. The molecule has 68 valence electrons. The van der Waals surface area contributed by atoms with Gasteiger partial charge in [-0.3, -0.25) is 0 Å². The maximum Gasteiger partial charge on any atom is 0.0413 e. The van der Waals surface area contributed by atoms with Crippen molar-refractivity contribution in [2.45, 2.75) is 33.1 Å². The van der Waals surface area contributed by atoms with Gasteiger partial charge in [-0.25, -0.2) is 0 Å². The highest BCUT2D eigenvalue weighted by Crippen LogP contribution is 2.23. The highest BCUT2D eigenvalue weighted by atomic mass is 79.9. The lowest BCUT2D eigenvalue weighted by Crippen LogP contribution is -1.86. The summed E-state index contributed by atoms with van der Waals surface area (Å²) in [4.78, 5) is 0.